The van der Waals surface area contributed by atoms with E-state index in [1.54, 1.807) is 23.9 Å². The van der Waals surface area contributed by atoms with Crippen LogP contribution in [0.1, 0.15) is 37.1 Å². The van der Waals surface area contributed by atoms with Crippen molar-refractivity contribution in [2.75, 3.05) is 0 Å². The highest BCUT2D eigenvalue weighted by atomic mass is 19.1. The summed E-state index contributed by atoms with van der Waals surface area (Å²) < 4.78 is 15.2. The molecule has 112 valence electrons. The molecule has 2 amide bonds. The molecule has 0 spiro atoms. The van der Waals surface area contributed by atoms with Crippen LogP contribution in [0.15, 0.2) is 30.9 Å². The minimum atomic E-state index is -0.450. The van der Waals surface area contributed by atoms with Crippen LogP contribution in [0.2, 0.25) is 0 Å². The lowest BCUT2D eigenvalue weighted by molar-refractivity contribution is 0.234. The predicted octanol–water partition coefficient (Wildman–Crippen LogP) is 2.08. The number of urea groups is 1. The Morgan fingerprint density at radius 2 is 2.00 bits per heavy atom. The number of carbonyl (C=O) groups excluding carboxylic acids is 1. The Labute approximate surface area is 122 Å². The van der Waals surface area contributed by atoms with Gasteiger partial charge in [-0.25, -0.2) is 9.18 Å². The molecule has 0 radical (unpaired) electrons. The largest absolute Gasteiger partial charge is 0.332 e. The van der Waals surface area contributed by atoms with E-state index in [2.05, 4.69) is 20.7 Å². The maximum Gasteiger partial charge on any atom is 0.315 e. The van der Waals surface area contributed by atoms with Gasteiger partial charge in [0.05, 0.1) is 24.5 Å². The second-order valence-corrected chi connectivity index (χ2v) is 4.91. The normalized spacial score (nSPS) is 13.5. The molecule has 6 nitrogen and oxygen atoms in total. The minimum Gasteiger partial charge on any atom is -0.332 e. The van der Waals surface area contributed by atoms with Gasteiger partial charge in [-0.05, 0) is 19.9 Å². The summed E-state index contributed by atoms with van der Waals surface area (Å²) in [5.74, 6) is -0.439. The van der Waals surface area contributed by atoms with E-state index in [0.717, 1.165) is 11.8 Å². The first-order valence-electron chi connectivity index (χ1n) is 6.62. The molecule has 0 aromatic carbocycles. The van der Waals surface area contributed by atoms with Gasteiger partial charge >= 0.3 is 6.03 Å². The van der Waals surface area contributed by atoms with Gasteiger partial charge in [0.15, 0.2) is 0 Å². The molecule has 0 bridgehead atoms. The van der Waals surface area contributed by atoms with Crippen LogP contribution in [0.4, 0.5) is 9.18 Å². The Hall–Kier alpha value is -2.44. The van der Waals surface area contributed by atoms with E-state index in [1.165, 1.54) is 6.20 Å². The van der Waals surface area contributed by atoms with E-state index in [9.17, 15) is 9.18 Å². The molecule has 0 aliphatic carbocycles. The van der Waals surface area contributed by atoms with Crippen LogP contribution in [-0.2, 0) is 7.05 Å². The maximum atomic E-state index is 13.6. The number of hydrogen-bond acceptors (Lipinski definition) is 3. The van der Waals surface area contributed by atoms with E-state index in [1.807, 2.05) is 20.2 Å². The van der Waals surface area contributed by atoms with Crippen molar-refractivity contribution in [3.8, 4) is 0 Å². The van der Waals surface area contributed by atoms with Gasteiger partial charge in [0.2, 0.25) is 0 Å². The van der Waals surface area contributed by atoms with Gasteiger partial charge in [0.25, 0.3) is 0 Å². The number of rotatable bonds is 4. The Kier molecular flexibility index (Phi) is 4.52. The monoisotopic (exact) mass is 291 g/mol. The lowest BCUT2D eigenvalue weighted by Gasteiger charge is -2.18. The average molecular weight is 291 g/mol. The fourth-order valence-corrected chi connectivity index (χ4v) is 2.00. The molecule has 0 saturated heterocycles. The minimum absolute atomic E-state index is 0.187. The fourth-order valence-electron chi connectivity index (χ4n) is 2.00. The number of aromatic nitrogens is 3. The summed E-state index contributed by atoms with van der Waals surface area (Å²) in [5, 5.41) is 9.54. The van der Waals surface area contributed by atoms with Crippen LogP contribution in [0, 0.1) is 5.82 Å². The highest BCUT2D eigenvalue weighted by Crippen LogP contribution is 2.15. The van der Waals surface area contributed by atoms with Gasteiger partial charge in [0.1, 0.15) is 5.82 Å². The molecule has 2 rings (SSSR count). The van der Waals surface area contributed by atoms with Crippen LogP contribution >= 0.6 is 0 Å². The van der Waals surface area contributed by atoms with Crippen molar-refractivity contribution in [1.82, 2.24) is 25.4 Å². The maximum absolute atomic E-state index is 13.6. The van der Waals surface area contributed by atoms with Gasteiger partial charge in [-0.3, -0.25) is 9.67 Å². The number of nitrogens with one attached hydrogen (secondary N) is 2. The quantitative estimate of drug-likeness (QED) is 0.906. The second-order valence-electron chi connectivity index (χ2n) is 4.91. The number of halogens is 1. The molecule has 2 N–H and O–H groups in total. The summed E-state index contributed by atoms with van der Waals surface area (Å²) in [7, 11) is 1.81. The van der Waals surface area contributed by atoms with Crippen molar-refractivity contribution in [3.05, 3.63) is 47.8 Å². The lowest BCUT2D eigenvalue weighted by Crippen LogP contribution is -2.38. The van der Waals surface area contributed by atoms with Crippen LogP contribution < -0.4 is 10.6 Å². The topological polar surface area (TPSA) is 71.8 Å². The van der Waals surface area contributed by atoms with Gasteiger partial charge < -0.3 is 10.6 Å². The van der Waals surface area contributed by atoms with Crippen molar-refractivity contribution in [1.29, 1.82) is 0 Å². The fraction of sp³-hybridized carbons (Fsp3) is 0.357. The van der Waals surface area contributed by atoms with E-state index in [0.29, 0.717) is 5.56 Å². The highest BCUT2D eigenvalue weighted by molar-refractivity contribution is 5.74. The lowest BCUT2D eigenvalue weighted by atomic mass is 10.1. The van der Waals surface area contributed by atoms with Crippen LogP contribution in [0.25, 0.3) is 0 Å². The third kappa shape index (κ3) is 3.77. The highest BCUT2D eigenvalue weighted by Gasteiger charge is 2.16. The van der Waals surface area contributed by atoms with Crippen molar-refractivity contribution >= 4 is 6.03 Å². The molecule has 0 aliphatic heterocycles. The van der Waals surface area contributed by atoms with Crippen LogP contribution in [-0.4, -0.2) is 20.8 Å². The van der Waals surface area contributed by atoms with E-state index in [4.69, 9.17) is 0 Å². The number of amides is 2. The summed E-state index contributed by atoms with van der Waals surface area (Å²) in [6.45, 7) is 3.57. The summed E-state index contributed by atoms with van der Waals surface area (Å²) in [5.41, 5.74) is 1.30. The first-order valence-corrected chi connectivity index (χ1v) is 6.62. The first-order chi connectivity index (χ1) is 9.97. The molecular formula is C14H18FN5O. The number of aryl methyl sites for hydroxylation is 1. The summed E-state index contributed by atoms with van der Waals surface area (Å²) in [4.78, 5) is 15.6. The Balaban J connectivity index is 1.94. The van der Waals surface area contributed by atoms with Crippen molar-refractivity contribution < 1.29 is 9.18 Å². The van der Waals surface area contributed by atoms with Crippen molar-refractivity contribution in [3.63, 3.8) is 0 Å². The molecule has 7 heteroatoms. The summed E-state index contributed by atoms with van der Waals surface area (Å²) >= 11 is 0. The smallest absolute Gasteiger partial charge is 0.315 e. The molecule has 2 aromatic heterocycles. The Morgan fingerprint density at radius 3 is 2.62 bits per heavy atom. The van der Waals surface area contributed by atoms with Gasteiger partial charge in [-0.2, -0.15) is 5.10 Å². The zero-order valence-electron chi connectivity index (χ0n) is 12.2. The summed E-state index contributed by atoms with van der Waals surface area (Å²) in [6, 6.07) is 0.544. The average Bonchev–Trinajstić information content (AvgIpc) is 2.85. The molecule has 2 atom stereocenters. The van der Waals surface area contributed by atoms with E-state index < -0.39 is 11.9 Å². The SMILES string of the molecule is C[C@H](NC(=O)N[C@H](C)c1cnn(C)c1)c1ccncc1F. The third-order valence-corrected chi connectivity index (χ3v) is 3.19. The number of nitrogens with zero attached hydrogens (tertiary/aromatic N) is 3. The van der Waals surface area contributed by atoms with Crippen molar-refractivity contribution in [2.45, 2.75) is 25.9 Å². The molecular weight excluding hydrogens is 273 g/mol. The molecule has 21 heavy (non-hydrogen) atoms. The number of hydrogen-bond donors (Lipinski definition) is 2. The number of pyridine rings is 1. The second kappa shape index (κ2) is 6.34. The molecule has 0 saturated carbocycles. The summed E-state index contributed by atoms with van der Waals surface area (Å²) in [6.07, 6.45) is 6.14. The van der Waals surface area contributed by atoms with Crippen LogP contribution in [0.3, 0.4) is 0 Å². The standard InChI is InChI=1S/C14H18FN5O/c1-9(11-6-17-20(3)8-11)18-14(21)19-10(2)12-4-5-16-7-13(12)15/h4-10H,1-3H3,(H2,18,19,21)/t9-,10+/m1/s1. The first kappa shape index (κ1) is 15.0. The third-order valence-electron chi connectivity index (χ3n) is 3.19. The van der Waals surface area contributed by atoms with E-state index in [-0.39, 0.29) is 12.1 Å². The predicted molar refractivity (Wildman–Crippen MR) is 75.9 cm³/mol. The van der Waals surface area contributed by atoms with Gasteiger partial charge in [-0.15, -0.1) is 0 Å². The number of carbonyl (C=O) groups is 1. The Morgan fingerprint density at radius 1 is 1.29 bits per heavy atom. The molecule has 2 aromatic rings. The molecule has 2 heterocycles. The van der Waals surface area contributed by atoms with Crippen molar-refractivity contribution in [2.24, 2.45) is 7.05 Å². The zero-order valence-corrected chi connectivity index (χ0v) is 12.2. The Bertz CT molecular complexity index is 627. The molecule has 0 aliphatic rings. The van der Waals surface area contributed by atoms with Crippen LogP contribution in [0.5, 0.6) is 0 Å². The molecule has 0 fully saturated rings. The van der Waals surface area contributed by atoms with Gasteiger partial charge in [0, 0.05) is 30.6 Å². The zero-order chi connectivity index (χ0) is 15.4. The van der Waals surface area contributed by atoms with Gasteiger partial charge in [-0.1, -0.05) is 0 Å². The van der Waals surface area contributed by atoms with E-state index >= 15 is 0 Å². The molecule has 0 unspecified atom stereocenters.